The Morgan fingerprint density at radius 2 is 2.00 bits per heavy atom. The van der Waals surface area contributed by atoms with Gasteiger partial charge >= 0.3 is 6.03 Å². The van der Waals surface area contributed by atoms with Gasteiger partial charge in [-0.25, -0.2) is 9.86 Å². The molecular formula is C6H12N2O2. The van der Waals surface area contributed by atoms with E-state index >= 15 is 0 Å². The zero-order valence-corrected chi connectivity index (χ0v) is 6.08. The second-order valence-electron chi connectivity index (χ2n) is 2.53. The fourth-order valence-corrected chi connectivity index (χ4v) is 0.999. The molecule has 0 aliphatic carbocycles. The molecular weight excluding hydrogens is 132 g/mol. The molecule has 0 atom stereocenters. The lowest BCUT2D eigenvalue weighted by Gasteiger charge is -2.17. The van der Waals surface area contributed by atoms with Gasteiger partial charge in [0.25, 0.3) is 0 Å². The second-order valence-corrected chi connectivity index (χ2v) is 2.53. The van der Waals surface area contributed by atoms with Crippen molar-refractivity contribution in [2.75, 3.05) is 20.1 Å². The van der Waals surface area contributed by atoms with Crippen LogP contribution in [0.1, 0.15) is 12.8 Å². The maximum Gasteiger partial charge on any atom is 0.343 e. The largest absolute Gasteiger partial charge is 0.343 e. The predicted molar refractivity (Wildman–Crippen MR) is 35.8 cm³/mol. The molecule has 0 aromatic rings. The quantitative estimate of drug-likeness (QED) is 0.504. The van der Waals surface area contributed by atoms with Gasteiger partial charge in [-0.05, 0) is 12.8 Å². The third kappa shape index (κ3) is 1.39. The first-order valence-electron chi connectivity index (χ1n) is 3.43. The number of nitrogens with zero attached hydrogens (tertiary/aromatic N) is 2. The number of carbonyl (C=O) groups is 1. The van der Waals surface area contributed by atoms with Crippen molar-refractivity contribution in [3.63, 3.8) is 0 Å². The molecule has 1 rings (SSSR count). The van der Waals surface area contributed by atoms with Crippen molar-refractivity contribution < 1.29 is 10.0 Å². The van der Waals surface area contributed by atoms with Gasteiger partial charge in [-0.15, -0.1) is 0 Å². The molecule has 1 heterocycles. The van der Waals surface area contributed by atoms with E-state index in [4.69, 9.17) is 5.21 Å². The van der Waals surface area contributed by atoms with Gasteiger partial charge in [0, 0.05) is 13.6 Å². The molecule has 1 aliphatic heterocycles. The third-order valence-corrected chi connectivity index (χ3v) is 1.66. The summed E-state index contributed by atoms with van der Waals surface area (Å²) in [6, 6.07) is -0.294. The number of carbonyl (C=O) groups excluding carboxylic acids is 1. The number of urea groups is 1. The smallest absolute Gasteiger partial charge is 0.326 e. The zero-order chi connectivity index (χ0) is 7.56. The molecule has 1 fully saturated rings. The number of rotatable bonds is 0. The Morgan fingerprint density at radius 3 is 2.70 bits per heavy atom. The maximum absolute atomic E-state index is 10.9. The van der Waals surface area contributed by atoms with Gasteiger partial charge in [0.2, 0.25) is 0 Å². The number of hydroxylamine groups is 2. The Balaban J connectivity index is 2.55. The van der Waals surface area contributed by atoms with Crippen LogP contribution in [0.4, 0.5) is 4.79 Å². The van der Waals surface area contributed by atoms with E-state index in [0.29, 0.717) is 6.54 Å². The van der Waals surface area contributed by atoms with E-state index < -0.39 is 0 Å². The third-order valence-electron chi connectivity index (χ3n) is 1.66. The van der Waals surface area contributed by atoms with Crippen molar-refractivity contribution in [2.45, 2.75) is 12.8 Å². The second kappa shape index (κ2) is 2.88. The van der Waals surface area contributed by atoms with Crippen molar-refractivity contribution in [3.8, 4) is 0 Å². The predicted octanol–water partition coefficient (Wildman–Crippen LogP) is 0.523. The monoisotopic (exact) mass is 144 g/mol. The Labute approximate surface area is 60.0 Å². The standard InChI is InChI=1S/C6H12N2O2/c1-7-4-2-3-5-8(10)6(7)9/h10H,2-5H2,1H3. The van der Waals surface area contributed by atoms with Crippen molar-refractivity contribution in [2.24, 2.45) is 0 Å². The van der Waals surface area contributed by atoms with E-state index in [1.165, 1.54) is 4.90 Å². The summed E-state index contributed by atoms with van der Waals surface area (Å²) >= 11 is 0. The van der Waals surface area contributed by atoms with E-state index in [9.17, 15) is 4.79 Å². The average Bonchev–Trinajstić information content (AvgIpc) is 2.04. The molecule has 10 heavy (non-hydrogen) atoms. The van der Waals surface area contributed by atoms with Crippen molar-refractivity contribution in [1.29, 1.82) is 0 Å². The Morgan fingerprint density at radius 1 is 1.40 bits per heavy atom. The minimum absolute atomic E-state index is 0.294. The SMILES string of the molecule is CN1CCCCN(O)C1=O. The van der Waals surface area contributed by atoms with Gasteiger partial charge in [-0.3, -0.25) is 5.21 Å². The minimum Gasteiger partial charge on any atom is -0.326 e. The summed E-state index contributed by atoms with van der Waals surface area (Å²) in [5.74, 6) is 0. The first-order valence-corrected chi connectivity index (χ1v) is 3.43. The van der Waals surface area contributed by atoms with Crippen LogP contribution in [0.2, 0.25) is 0 Å². The van der Waals surface area contributed by atoms with E-state index in [1.807, 2.05) is 0 Å². The topological polar surface area (TPSA) is 43.8 Å². The van der Waals surface area contributed by atoms with Crippen LogP contribution in [0, 0.1) is 0 Å². The summed E-state index contributed by atoms with van der Waals surface area (Å²) < 4.78 is 0. The molecule has 0 spiro atoms. The summed E-state index contributed by atoms with van der Waals surface area (Å²) in [6.07, 6.45) is 1.85. The highest BCUT2D eigenvalue weighted by Gasteiger charge is 2.18. The molecule has 0 unspecified atom stereocenters. The molecule has 0 aromatic heterocycles. The lowest BCUT2D eigenvalue weighted by atomic mass is 10.3. The van der Waals surface area contributed by atoms with Gasteiger partial charge in [0.1, 0.15) is 0 Å². The van der Waals surface area contributed by atoms with Crippen molar-refractivity contribution in [3.05, 3.63) is 0 Å². The molecule has 1 saturated heterocycles. The first kappa shape index (κ1) is 7.34. The molecule has 0 bridgehead atoms. The van der Waals surface area contributed by atoms with Crippen LogP contribution in [0.3, 0.4) is 0 Å². The summed E-state index contributed by atoms with van der Waals surface area (Å²) in [5, 5.41) is 9.74. The van der Waals surface area contributed by atoms with E-state index in [2.05, 4.69) is 0 Å². The molecule has 0 aromatic carbocycles. The molecule has 0 saturated carbocycles. The lowest BCUT2D eigenvalue weighted by Crippen LogP contribution is -2.37. The molecule has 4 nitrogen and oxygen atoms in total. The van der Waals surface area contributed by atoms with Crippen LogP contribution >= 0.6 is 0 Å². The lowest BCUT2D eigenvalue weighted by molar-refractivity contribution is -0.0490. The van der Waals surface area contributed by atoms with Crippen LogP contribution in [-0.4, -0.2) is 41.3 Å². The van der Waals surface area contributed by atoms with Gasteiger partial charge in [-0.1, -0.05) is 0 Å². The van der Waals surface area contributed by atoms with Crippen LogP contribution in [0.15, 0.2) is 0 Å². The highest BCUT2D eigenvalue weighted by atomic mass is 16.5. The fourth-order valence-electron chi connectivity index (χ4n) is 0.999. The summed E-state index contributed by atoms with van der Waals surface area (Å²) in [5.41, 5.74) is 0. The van der Waals surface area contributed by atoms with Gasteiger partial charge in [0.15, 0.2) is 0 Å². The average molecular weight is 144 g/mol. The summed E-state index contributed by atoms with van der Waals surface area (Å²) in [7, 11) is 1.69. The maximum atomic E-state index is 10.9. The van der Waals surface area contributed by atoms with E-state index in [0.717, 1.165) is 24.4 Å². The molecule has 4 heteroatoms. The van der Waals surface area contributed by atoms with E-state index in [1.54, 1.807) is 7.05 Å². The first-order chi connectivity index (χ1) is 4.72. The highest BCUT2D eigenvalue weighted by molar-refractivity contribution is 5.72. The minimum atomic E-state index is -0.294. The molecule has 58 valence electrons. The number of amides is 2. The molecule has 1 N–H and O–H groups in total. The molecule has 1 aliphatic rings. The zero-order valence-electron chi connectivity index (χ0n) is 6.08. The Bertz CT molecular complexity index is 124. The highest BCUT2D eigenvalue weighted by Crippen LogP contribution is 2.04. The van der Waals surface area contributed by atoms with Crippen LogP contribution < -0.4 is 0 Å². The molecule has 0 radical (unpaired) electrons. The van der Waals surface area contributed by atoms with Crippen LogP contribution in [-0.2, 0) is 0 Å². The van der Waals surface area contributed by atoms with Crippen LogP contribution in [0.5, 0.6) is 0 Å². The van der Waals surface area contributed by atoms with Gasteiger partial charge in [0.05, 0.1) is 6.54 Å². The summed E-state index contributed by atoms with van der Waals surface area (Å²) in [4.78, 5) is 12.5. The Hall–Kier alpha value is -0.770. The summed E-state index contributed by atoms with van der Waals surface area (Å²) in [6.45, 7) is 1.21. The number of hydrogen-bond acceptors (Lipinski definition) is 2. The fraction of sp³-hybridized carbons (Fsp3) is 0.833. The normalized spacial score (nSPS) is 21.2. The van der Waals surface area contributed by atoms with Gasteiger partial charge < -0.3 is 4.90 Å². The van der Waals surface area contributed by atoms with Crippen molar-refractivity contribution >= 4 is 6.03 Å². The van der Waals surface area contributed by atoms with E-state index in [-0.39, 0.29) is 6.03 Å². The van der Waals surface area contributed by atoms with Crippen molar-refractivity contribution in [1.82, 2.24) is 9.96 Å². The Kier molecular flexibility index (Phi) is 2.11. The number of hydrogen-bond donors (Lipinski definition) is 1. The van der Waals surface area contributed by atoms with Gasteiger partial charge in [-0.2, -0.15) is 0 Å². The van der Waals surface area contributed by atoms with Crippen LogP contribution in [0.25, 0.3) is 0 Å². The molecule has 2 amide bonds.